The van der Waals surface area contributed by atoms with Crippen LogP contribution < -0.4 is 0 Å². The van der Waals surface area contributed by atoms with Crippen LogP contribution in [0.25, 0.3) is 44.9 Å². The van der Waals surface area contributed by atoms with Crippen LogP contribution in [-0.4, -0.2) is 9.97 Å². The minimum absolute atomic E-state index is 0.701. The highest BCUT2D eigenvalue weighted by molar-refractivity contribution is 9.10. The summed E-state index contributed by atoms with van der Waals surface area (Å²) < 4.78 is 0.766. The molecular weight excluding hydrogens is 444 g/mol. The van der Waals surface area contributed by atoms with Crippen LogP contribution in [0.5, 0.6) is 0 Å². The molecule has 0 aliphatic carbocycles. The summed E-state index contributed by atoms with van der Waals surface area (Å²) in [5.41, 5.74) is 7.62. The zero-order chi connectivity index (χ0) is 21.0. The summed E-state index contributed by atoms with van der Waals surface area (Å²) >= 11 is 3.58. The van der Waals surface area contributed by atoms with Crippen molar-refractivity contribution in [3.63, 3.8) is 0 Å². The molecule has 148 valence electrons. The molecular formula is C28H19BrN2. The van der Waals surface area contributed by atoms with Gasteiger partial charge in [-0.3, -0.25) is 0 Å². The van der Waals surface area contributed by atoms with Crippen LogP contribution in [0.2, 0.25) is 0 Å². The molecule has 0 saturated carbocycles. The van der Waals surface area contributed by atoms with Crippen molar-refractivity contribution in [2.24, 2.45) is 0 Å². The maximum Gasteiger partial charge on any atom is 0.161 e. The van der Waals surface area contributed by atoms with Crippen LogP contribution in [0.3, 0.4) is 0 Å². The molecule has 0 radical (unpaired) electrons. The monoisotopic (exact) mass is 462 g/mol. The van der Waals surface area contributed by atoms with Gasteiger partial charge in [0.05, 0.1) is 5.69 Å². The van der Waals surface area contributed by atoms with Crippen molar-refractivity contribution in [3.8, 4) is 44.9 Å². The van der Waals surface area contributed by atoms with Crippen molar-refractivity contribution in [1.82, 2.24) is 9.97 Å². The van der Waals surface area contributed by atoms with Crippen LogP contribution >= 0.6 is 15.9 Å². The number of rotatable bonds is 4. The van der Waals surface area contributed by atoms with Gasteiger partial charge in [-0.05, 0) is 56.4 Å². The highest BCUT2D eigenvalue weighted by Crippen LogP contribution is 2.30. The average molecular weight is 463 g/mol. The topological polar surface area (TPSA) is 25.8 Å². The van der Waals surface area contributed by atoms with Crippen molar-refractivity contribution in [2.75, 3.05) is 0 Å². The molecule has 0 spiro atoms. The fourth-order valence-corrected chi connectivity index (χ4v) is 4.04. The molecule has 5 aromatic rings. The second-order valence-electron chi connectivity index (χ2n) is 7.29. The number of hydrogen-bond donors (Lipinski definition) is 0. The molecule has 0 unspecified atom stereocenters. The van der Waals surface area contributed by atoms with E-state index in [9.17, 15) is 0 Å². The van der Waals surface area contributed by atoms with E-state index in [2.05, 4.69) is 118 Å². The predicted molar refractivity (Wildman–Crippen MR) is 131 cm³/mol. The number of halogens is 1. The Hall–Kier alpha value is -3.56. The van der Waals surface area contributed by atoms with E-state index in [1.54, 1.807) is 0 Å². The third-order valence-corrected chi connectivity index (χ3v) is 5.59. The molecule has 0 aliphatic rings. The van der Waals surface area contributed by atoms with E-state index in [0.29, 0.717) is 5.82 Å². The van der Waals surface area contributed by atoms with E-state index in [-0.39, 0.29) is 0 Å². The van der Waals surface area contributed by atoms with Crippen molar-refractivity contribution < 1.29 is 0 Å². The van der Waals surface area contributed by atoms with Crippen LogP contribution in [0, 0.1) is 0 Å². The normalized spacial score (nSPS) is 10.7. The summed E-state index contributed by atoms with van der Waals surface area (Å²) in [5, 5.41) is 0. The van der Waals surface area contributed by atoms with Crippen LogP contribution in [0.4, 0.5) is 0 Å². The Bertz CT molecular complexity index is 1230. The predicted octanol–water partition coefficient (Wildman–Crippen LogP) is 7.91. The molecule has 0 N–H and O–H groups in total. The van der Waals surface area contributed by atoms with E-state index >= 15 is 0 Å². The first-order valence-electron chi connectivity index (χ1n) is 10.1. The van der Waals surface area contributed by atoms with Gasteiger partial charge < -0.3 is 0 Å². The zero-order valence-electron chi connectivity index (χ0n) is 16.7. The molecule has 1 aromatic heterocycles. The number of nitrogens with zero attached hydrogens (tertiary/aromatic N) is 2. The zero-order valence-corrected chi connectivity index (χ0v) is 18.3. The van der Waals surface area contributed by atoms with Crippen LogP contribution in [-0.2, 0) is 0 Å². The molecule has 0 amide bonds. The maximum atomic E-state index is 4.90. The van der Waals surface area contributed by atoms with Crippen molar-refractivity contribution in [3.05, 3.63) is 120 Å². The summed E-state index contributed by atoms with van der Waals surface area (Å²) in [4.78, 5) is 9.55. The standard InChI is InChI=1S/C28H19BrN2/c29-27-19-26(24-15-7-13-22(17-24)20-9-3-1-4-10-20)30-28(31-27)25-16-8-14-23(18-25)21-11-5-2-6-12-21/h1-19H. The number of hydrogen-bond acceptors (Lipinski definition) is 2. The lowest BCUT2D eigenvalue weighted by atomic mass is 10.0. The lowest BCUT2D eigenvalue weighted by Crippen LogP contribution is -1.94. The molecule has 31 heavy (non-hydrogen) atoms. The van der Waals surface area contributed by atoms with Gasteiger partial charge in [-0.15, -0.1) is 0 Å². The lowest BCUT2D eigenvalue weighted by molar-refractivity contribution is 1.15. The molecule has 0 saturated heterocycles. The van der Waals surface area contributed by atoms with Gasteiger partial charge in [0, 0.05) is 11.1 Å². The fraction of sp³-hybridized carbons (Fsp3) is 0. The first kappa shape index (κ1) is 19.4. The Labute approximate surface area is 190 Å². The molecule has 3 heteroatoms. The van der Waals surface area contributed by atoms with Crippen LogP contribution in [0.1, 0.15) is 0 Å². The van der Waals surface area contributed by atoms with Gasteiger partial charge in [0.2, 0.25) is 0 Å². The Morgan fingerprint density at radius 2 is 0.903 bits per heavy atom. The van der Waals surface area contributed by atoms with E-state index in [0.717, 1.165) is 27.0 Å². The molecule has 5 rings (SSSR count). The van der Waals surface area contributed by atoms with Gasteiger partial charge in [-0.2, -0.15) is 0 Å². The van der Waals surface area contributed by atoms with Crippen molar-refractivity contribution >= 4 is 15.9 Å². The van der Waals surface area contributed by atoms with Gasteiger partial charge >= 0.3 is 0 Å². The smallest absolute Gasteiger partial charge is 0.161 e. The quantitative estimate of drug-likeness (QED) is 0.253. The van der Waals surface area contributed by atoms with Crippen molar-refractivity contribution in [2.45, 2.75) is 0 Å². The minimum Gasteiger partial charge on any atom is -0.228 e. The third kappa shape index (κ3) is 4.32. The fourth-order valence-electron chi connectivity index (χ4n) is 3.65. The molecule has 0 aliphatic heterocycles. The summed E-state index contributed by atoms with van der Waals surface area (Å²) in [6.45, 7) is 0. The van der Waals surface area contributed by atoms with Gasteiger partial charge in [0.15, 0.2) is 5.82 Å². The van der Waals surface area contributed by atoms with Crippen molar-refractivity contribution in [1.29, 1.82) is 0 Å². The summed E-state index contributed by atoms with van der Waals surface area (Å²) in [6, 6.07) is 39.5. The average Bonchev–Trinajstić information content (AvgIpc) is 2.85. The first-order valence-corrected chi connectivity index (χ1v) is 10.9. The SMILES string of the molecule is Brc1cc(-c2cccc(-c3ccccc3)c2)nc(-c2cccc(-c3ccccc3)c2)n1. The summed E-state index contributed by atoms with van der Waals surface area (Å²) in [7, 11) is 0. The molecule has 0 fully saturated rings. The van der Waals surface area contributed by atoms with E-state index in [1.165, 1.54) is 16.7 Å². The largest absolute Gasteiger partial charge is 0.228 e. The number of benzene rings is 4. The van der Waals surface area contributed by atoms with Crippen LogP contribution in [0.15, 0.2) is 120 Å². The molecule has 2 nitrogen and oxygen atoms in total. The molecule has 0 atom stereocenters. The molecule has 1 heterocycles. The highest BCUT2D eigenvalue weighted by atomic mass is 79.9. The van der Waals surface area contributed by atoms with E-state index in [1.807, 2.05) is 18.2 Å². The molecule has 0 bridgehead atoms. The second kappa shape index (κ2) is 8.66. The number of aromatic nitrogens is 2. The summed E-state index contributed by atoms with van der Waals surface area (Å²) in [6.07, 6.45) is 0. The first-order chi connectivity index (χ1) is 15.3. The van der Waals surface area contributed by atoms with E-state index in [4.69, 9.17) is 4.98 Å². The van der Waals surface area contributed by atoms with Gasteiger partial charge in [0.1, 0.15) is 4.60 Å². The maximum absolute atomic E-state index is 4.90. The van der Waals surface area contributed by atoms with E-state index < -0.39 is 0 Å². The van der Waals surface area contributed by atoms with Gasteiger partial charge in [-0.1, -0.05) is 97.1 Å². The third-order valence-electron chi connectivity index (χ3n) is 5.19. The second-order valence-corrected chi connectivity index (χ2v) is 8.11. The molecule has 4 aromatic carbocycles. The van der Waals surface area contributed by atoms with Gasteiger partial charge in [-0.25, -0.2) is 9.97 Å². The Morgan fingerprint density at radius 1 is 0.419 bits per heavy atom. The Balaban J connectivity index is 1.56. The Morgan fingerprint density at radius 3 is 1.52 bits per heavy atom. The summed E-state index contributed by atoms with van der Waals surface area (Å²) in [5.74, 6) is 0.701. The lowest BCUT2D eigenvalue weighted by Gasteiger charge is -2.09. The minimum atomic E-state index is 0.701. The Kier molecular flexibility index (Phi) is 5.42. The van der Waals surface area contributed by atoms with Gasteiger partial charge in [0.25, 0.3) is 0 Å². The highest BCUT2D eigenvalue weighted by Gasteiger charge is 2.10.